The first kappa shape index (κ1) is 24.9. The van der Waals surface area contributed by atoms with Gasteiger partial charge in [0.1, 0.15) is 18.1 Å². The van der Waals surface area contributed by atoms with Crippen molar-refractivity contribution in [3.05, 3.63) is 77.2 Å². The number of carboxylic acid groups (broad SMARTS) is 1. The van der Waals surface area contributed by atoms with Crippen molar-refractivity contribution < 1.29 is 28.9 Å². The lowest BCUT2D eigenvalue weighted by Gasteiger charge is -2.21. The quantitative estimate of drug-likeness (QED) is 0.416. The van der Waals surface area contributed by atoms with Crippen molar-refractivity contribution in [3.8, 4) is 11.6 Å². The summed E-state index contributed by atoms with van der Waals surface area (Å²) in [6.45, 7) is 5.12. The van der Waals surface area contributed by atoms with Crippen molar-refractivity contribution in [1.82, 2.24) is 15.1 Å². The molecular weight excluding hydrogens is 441 g/mol. The molecule has 2 atom stereocenters. The van der Waals surface area contributed by atoms with Gasteiger partial charge in [-0.1, -0.05) is 43.3 Å². The molecule has 1 aromatic heterocycles. The van der Waals surface area contributed by atoms with Gasteiger partial charge in [0.15, 0.2) is 5.69 Å². The van der Waals surface area contributed by atoms with E-state index >= 15 is 0 Å². The number of carbonyl (C=O) groups is 2. The number of para-hydroxylation sites is 1. The van der Waals surface area contributed by atoms with E-state index in [-0.39, 0.29) is 30.3 Å². The Morgan fingerprint density at radius 1 is 1.21 bits per heavy atom. The summed E-state index contributed by atoms with van der Waals surface area (Å²) < 4.78 is 21.4. The summed E-state index contributed by atoms with van der Waals surface area (Å²) >= 11 is 0. The molecule has 3 rings (SSSR count). The number of hydrogen-bond donors (Lipinski definition) is 3. The normalized spacial score (nSPS) is 13.7. The van der Waals surface area contributed by atoms with E-state index in [0.717, 1.165) is 10.2 Å². The van der Waals surface area contributed by atoms with Crippen LogP contribution >= 0.6 is 0 Å². The number of halogens is 1. The molecule has 0 saturated heterocycles. The first-order valence-corrected chi connectivity index (χ1v) is 10.9. The lowest BCUT2D eigenvalue weighted by molar-refractivity contribution is -0.137. The summed E-state index contributed by atoms with van der Waals surface area (Å²) in [5.74, 6) is -2.23. The number of aliphatic carboxylic acids is 1. The summed E-state index contributed by atoms with van der Waals surface area (Å²) in [5, 5.41) is 26.6. The van der Waals surface area contributed by atoms with Gasteiger partial charge in [-0.25, -0.2) is 4.39 Å². The number of nitrogens with zero attached hydrogens (tertiary/aromatic N) is 2. The van der Waals surface area contributed by atoms with Gasteiger partial charge < -0.3 is 20.3 Å². The van der Waals surface area contributed by atoms with Gasteiger partial charge in [-0.3, -0.25) is 9.59 Å². The van der Waals surface area contributed by atoms with Crippen LogP contribution in [0.4, 0.5) is 4.39 Å². The highest BCUT2D eigenvalue weighted by atomic mass is 19.1. The third kappa shape index (κ3) is 5.99. The number of hydrogen-bond acceptors (Lipinski definition) is 5. The molecule has 0 aliphatic heterocycles. The van der Waals surface area contributed by atoms with E-state index in [2.05, 4.69) is 10.4 Å². The highest BCUT2D eigenvalue weighted by Crippen LogP contribution is 2.25. The smallest absolute Gasteiger partial charge is 0.305 e. The Morgan fingerprint density at radius 2 is 1.88 bits per heavy atom. The van der Waals surface area contributed by atoms with Gasteiger partial charge in [-0.05, 0) is 43.5 Å². The molecule has 1 heterocycles. The molecule has 2 aromatic carbocycles. The van der Waals surface area contributed by atoms with Crippen molar-refractivity contribution in [3.63, 3.8) is 0 Å². The Balaban J connectivity index is 1.95. The number of rotatable bonds is 10. The topological polar surface area (TPSA) is 114 Å². The number of aromatic nitrogens is 2. The van der Waals surface area contributed by atoms with Crippen molar-refractivity contribution in [2.45, 2.75) is 45.3 Å². The molecule has 9 heteroatoms. The minimum Gasteiger partial charge on any atom is -0.481 e. The molecule has 3 aromatic rings. The highest BCUT2D eigenvalue weighted by molar-refractivity contribution is 5.93. The fraction of sp³-hybridized carbons (Fsp3) is 0.320. The van der Waals surface area contributed by atoms with Crippen LogP contribution in [0.15, 0.2) is 54.6 Å². The SMILES string of the molecule is CCC(C)(O)COc1cc(C(=O)N[C@@H](CC(=O)O)c2ccccc2C)nn1-c1ccccc1F. The van der Waals surface area contributed by atoms with Gasteiger partial charge >= 0.3 is 5.97 Å². The maximum atomic E-state index is 14.5. The zero-order valence-corrected chi connectivity index (χ0v) is 19.3. The van der Waals surface area contributed by atoms with Gasteiger partial charge in [-0.15, -0.1) is 0 Å². The average Bonchev–Trinajstić information content (AvgIpc) is 3.22. The monoisotopic (exact) mass is 469 g/mol. The number of aryl methyl sites for hydroxylation is 1. The number of aliphatic hydroxyl groups is 1. The number of nitrogens with one attached hydrogen (secondary N) is 1. The molecule has 1 unspecified atom stereocenters. The Labute approximate surface area is 197 Å². The lowest BCUT2D eigenvalue weighted by atomic mass is 9.98. The van der Waals surface area contributed by atoms with Crippen LogP contribution in [-0.4, -0.2) is 44.1 Å². The molecule has 34 heavy (non-hydrogen) atoms. The standard InChI is InChI=1S/C25H28FN3O5/c1-4-25(3,33)15-34-22-13-20(28-29(22)21-12-8-7-11-18(21)26)24(32)27-19(14-23(30)31)17-10-6-5-9-16(17)2/h5-13,19,33H,4,14-15H2,1-3H3,(H,27,32)(H,30,31)/t19-,25?/m0/s1. The summed E-state index contributed by atoms with van der Waals surface area (Å²) in [5.41, 5.74) is 0.343. The summed E-state index contributed by atoms with van der Waals surface area (Å²) in [6, 6.07) is 13.6. The van der Waals surface area contributed by atoms with E-state index in [1.54, 1.807) is 32.0 Å². The molecule has 0 radical (unpaired) electrons. The van der Waals surface area contributed by atoms with Crippen LogP contribution in [-0.2, 0) is 4.79 Å². The molecule has 180 valence electrons. The van der Waals surface area contributed by atoms with Gasteiger partial charge in [0.05, 0.1) is 18.1 Å². The fourth-order valence-electron chi connectivity index (χ4n) is 3.33. The van der Waals surface area contributed by atoms with E-state index in [1.165, 1.54) is 24.3 Å². The summed E-state index contributed by atoms with van der Waals surface area (Å²) in [4.78, 5) is 24.5. The Morgan fingerprint density at radius 3 is 2.53 bits per heavy atom. The molecule has 0 bridgehead atoms. The largest absolute Gasteiger partial charge is 0.481 e. The number of carboxylic acids is 1. The molecule has 0 saturated carbocycles. The molecule has 3 N–H and O–H groups in total. The minimum atomic E-state index is -1.13. The van der Waals surface area contributed by atoms with E-state index in [4.69, 9.17) is 4.74 Å². The molecule has 0 aliphatic rings. The van der Waals surface area contributed by atoms with Gasteiger partial charge in [0.2, 0.25) is 5.88 Å². The van der Waals surface area contributed by atoms with E-state index < -0.39 is 29.3 Å². The Kier molecular flexibility index (Phi) is 7.68. The zero-order valence-electron chi connectivity index (χ0n) is 19.3. The minimum absolute atomic E-state index is 0.0636. The number of ether oxygens (including phenoxy) is 1. The maximum absolute atomic E-state index is 14.5. The van der Waals surface area contributed by atoms with Crippen molar-refractivity contribution >= 4 is 11.9 Å². The third-order valence-corrected chi connectivity index (χ3v) is 5.53. The third-order valence-electron chi connectivity index (χ3n) is 5.53. The van der Waals surface area contributed by atoms with Crippen LogP contribution in [0.25, 0.3) is 5.69 Å². The average molecular weight is 470 g/mol. The molecule has 0 spiro atoms. The van der Waals surface area contributed by atoms with Crippen LogP contribution < -0.4 is 10.1 Å². The predicted molar refractivity (Wildman–Crippen MR) is 124 cm³/mol. The number of amides is 1. The zero-order chi connectivity index (χ0) is 24.9. The second kappa shape index (κ2) is 10.5. The summed E-state index contributed by atoms with van der Waals surface area (Å²) in [7, 11) is 0. The van der Waals surface area contributed by atoms with E-state index in [0.29, 0.717) is 12.0 Å². The lowest BCUT2D eigenvalue weighted by Crippen LogP contribution is -2.31. The number of carbonyl (C=O) groups excluding carboxylic acids is 1. The van der Waals surface area contributed by atoms with Crippen LogP contribution in [0.3, 0.4) is 0 Å². The van der Waals surface area contributed by atoms with Gasteiger partial charge in [0, 0.05) is 6.07 Å². The number of benzene rings is 2. The van der Waals surface area contributed by atoms with Gasteiger partial charge in [-0.2, -0.15) is 9.78 Å². The second-order valence-corrected chi connectivity index (χ2v) is 8.35. The van der Waals surface area contributed by atoms with Crippen LogP contribution in [0, 0.1) is 12.7 Å². The predicted octanol–water partition coefficient (Wildman–Crippen LogP) is 3.81. The first-order chi connectivity index (χ1) is 16.1. The van der Waals surface area contributed by atoms with Crippen molar-refractivity contribution in [2.75, 3.05) is 6.61 Å². The van der Waals surface area contributed by atoms with Crippen LogP contribution in [0.5, 0.6) is 5.88 Å². The van der Waals surface area contributed by atoms with Gasteiger partial charge in [0.25, 0.3) is 5.91 Å². The highest BCUT2D eigenvalue weighted by Gasteiger charge is 2.25. The fourth-order valence-corrected chi connectivity index (χ4v) is 3.33. The van der Waals surface area contributed by atoms with Crippen molar-refractivity contribution in [1.29, 1.82) is 0 Å². The summed E-state index contributed by atoms with van der Waals surface area (Å²) in [6.07, 6.45) is 0.0921. The van der Waals surface area contributed by atoms with Crippen LogP contribution in [0.2, 0.25) is 0 Å². The molecule has 8 nitrogen and oxygen atoms in total. The molecule has 1 amide bonds. The second-order valence-electron chi connectivity index (χ2n) is 8.35. The maximum Gasteiger partial charge on any atom is 0.305 e. The Hall–Kier alpha value is -3.72. The van der Waals surface area contributed by atoms with Crippen molar-refractivity contribution in [2.24, 2.45) is 0 Å². The molecule has 0 fully saturated rings. The van der Waals surface area contributed by atoms with Crippen LogP contribution in [0.1, 0.15) is 54.3 Å². The van der Waals surface area contributed by atoms with E-state index in [9.17, 15) is 24.2 Å². The molecule has 0 aliphatic carbocycles. The Bertz CT molecular complexity index is 1170. The molecular formula is C25H28FN3O5. The van der Waals surface area contributed by atoms with E-state index in [1.807, 2.05) is 19.1 Å². The first-order valence-electron chi connectivity index (χ1n) is 10.9.